The van der Waals surface area contributed by atoms with Crippen LogP contribution in [0.3, 0.4) is 0 Å². The number of carbonyl (C=O) groups is 1. The first-order valence-electron chi connectivity index (χ1n) is 6.17. The molecule has 112 valence electrons. The van der Waals surface area contributed by atoms with Gasteiger partial charge in [0.25, 0.3) is 0 Å². The maximum atomic E-state index is 13.4. The lowest BCUT2D eigenvalue weighted by molar-refractivity contribution is -0.130. The zero-order valence-electron chi connectivity index (χ0n) is 11.2. The largest absolute Gasteiger partial charge is 0.490 e. The second-order valence-corrected chi connectivity index (χ2v) is 5.17. The molecule has 0 fully saturated rings. The van der Waals surface area contributed by atoms with Crippen LogP contribution < -0.4 is 10.5 Å². The average molecular weight is 351 g/mol. The molecule has 0 bridgehead atoms. The number of carbonyl (C=O) groups excluding carboxylic acids is 1. The van der Waals surface area contributed by atoms with Crippen molar-refractivity contribution >= 4 is 21.8 Å². The summed E-state index contributed by atoms with van der Waals surface area (Å²) in [7, 11) is 1.66. The average Bonchev–Trinajstić information content (AvgIpc) is 2.41. The predicted molar refractivity (Wildman–Crippen MR) is 75.5 cm³/mol. The molecule has 0 aliphatic heterocycles. The van der Waals surface area contributed by atoms with Crippen molar-refractivity contribution in [1.29, 1.82) is 0 Å². The van der Waals surface area contributed by atoms with Crippen LogP contribution in [0.15, 0.2) is 16.6 Å². The normalized spacial score (nSPS) is 10.4. The van der Waals surface area contributed by atoms with E-state index in [2.05, 4.69) is 15.9 Å². The molecule has 0 saturated carbocycles. The summed E-state index contributed by atoms with van der Waals surface area (Å²) in [4.78, 5) is 13.2. The number of hydrogen-bond donors (Lipinski definition) is 1. The van der Waals surface area contributed by atoms with Gasteiger partial charge < -0.3 is 15.4 Å². The zero-order chi connectivity index (χ0) is 15.1. The molecule has 1 aromatic rings. The Morgan fingerprint density at radius 3 is 2.80 bits per heavy atom. The minimum absolute atomic E-state index is 0.0153. The van der Waals surface area contributed by atoms with Crippen molar-refractivity contribution in [1.82, 2.24) is 4.90 Å². The second-order valence-electron chi connectivity index (χ2n) is 4.26. The van der Waals surface area contributed by atoms with Crippen LogP contribution in [0.25, 0.3) is 0 Å². The molecule has 4 nitrogen and oxygen atoms in total. The van der Waals surface area contributed by atoms with Gasteiger partial charge in [-0.15, -0.1) is 0 Å². The molecule has 0 saturated heterocycles. The van der Waals surface area contributed by atoms with Gasteiger partial charge in [0.15, 0.2) is 11.6 Å². The number of rotatable bonds is 7. The Labute approximate surface area is 125 Å². The Morgan fingerprint density at radius 1 is 1.45 bits per heavy atom. The maximum Gasteiger partial charge on any atom is 0.225 e. The van der Waals surface area contributed by atoms with Gasteiger partial charge in [-0.3, -0.25) is 4.79 Å². The molecular weight excluding hydrogens is 334 g/mol. The molecule has 0 aliphatic rings. The summed E-state index contributed by atoms with van der Waals surface area (Å²) in [5.41, 5.74) is 5.35. The van der Waals surface area contributed by atoms with E-state index in [1.165, 1.54) is 11.0 Å². The van der Waals surface area contributed by atoms with Crippen molar-refractivity contribution in [3.63, 3.8) is 0 Å². The van der Waals surface area contributed by atoms with Crippen molar-refractivity contribution < 1.29 is 18.3 Å². The van der Waals surface area contributed by atoms with Crippen molar-refractivity contribution in [2.24, 2.45) is 5.73 Å². The van der Waals surface area contributed by atoms with E-state index in [-0.39, 0.29) is 24.7 Å². The summed E-state index contributed by atoms with van der Waals surface area (Å²) < 4.78 is 32.0. The van der Waals surface area contributed by atoms with Gasteiger partial charge in [-0.1, -0.05) is 15.9 Å². The minimum atomic E-state index is -1.06. The smallest absolute Gasteiger partial charge is 0.225 e. The fraction of sp³-hybridized carbons (Fsp3) is 0.462. The van der Waals surface area contributed by atoms with Gasteiger partial charge in [0, 0.05) is 18.1 Å². The molecule has 2 N–H and O–H groups in total. The first-order chi connectivity index (χ1) is 9.45. The maximum absolute atomic E-state index is 13.4. The first-order valence-corrected chi connectivity index (χ1v) is 6.96. The minimum Gasteiger partial charge on any atom is -0.490 e. The van der Waals surface area contributed by atoms with Gasteiger partial charge in [0.2, 0.25) is 11.7 Å². The summed E-state index contributed by atoms with van der Waals surface area (Å²) in [6, 6.07) is 2.33. The Bertz CT molecular complexity index is 472. The summed E-state index contributed by atoms with van der Waals surface area (Å²) in [6.45, 7) is 1.06. The number of nitrogens with two attached hydrogens (primary N) is 1. The van der Waals surface area contributed by atoms with Gasteiger partial charge in [-0.25, -0.2) is 4.39 Å². The third-order valence-corrected chi connectivity index (χ3v) is 3.11. The lowest BCUT2D eigenvalue weighted by Crippen LogP contribution is -2.30. The zero-order valence-corrected chi connectivity index (χ0v) is 12.8. The Hall–Kier alpha value is -1.21. The molecule has 0 aliphatic carbocycles. The summed E-state index contributed by atoms with van der Waals surface area (Å²) in [6.07, 6.45) is 0.809. The molecule has 0 radical (unpaired) electrons. The van der Waals surface area contributed by atoms with E-state index >= 15 is 0 Å². The van der Waals surface area contributed by atoms with Gasteiger partial charge in [-0.2, -0.15) is 4.39 Å². The summed E-state index contributed by atoms with van der Waals surface area (Å²) in [5.74, 6) is -2.40. The number of ether oxygens (including phenoxy) is 1. The molecule has 0 unspecified atom stereocenters. The molecule has 1 amide bonds. The van der Waals surface area contributed by atoms with Crippen molar-refractivity contribution in [3.05, 3.63) is 28.2 Å². The number of nitrogens with zero attached hydrogens (tertiary/aromatic N) is 1. The highest BCUT2D eigenvalue weighted by Crippen LogP contribution is 2.25. The van der Waals surface area contributed by atoms with Crippen molar-refractivity contribution in [3.8, 4) is 5.75 Å². The number of halogens is 3. The van der Waals surface area contributed by atoms with Gasteiger partial charge in [-0.05, 0) is 25.1 Å². The Morgan fingerprint density at radius 2 is 2.15 bits per heavy atom. The topological polar surface area (TPSA) is 55.6 Å². The Balaban J connectivity index is 2.46. The van der Waals surface area contributed by atoms with Gasteiger partial charge in [0.1, 0.15) is 0 Å². The number of hydrogen-bond acceptors (Lipinski definition) is 3. The molecular formula is C13H17BrF2N2O2. The molecule has 0 spiro atoms. The molecule has 0 heterocycles. The van der Waals surface area contributed by atoms with E-state index in [0.717, 1.165) is 6.07 Å². The van der Waals surface area contributed by atoms with Crippen molar-refractivity contribution in [2.75, 3.05) is 26.7 Å². The fourth-order valence-electron chi connectivity index (χ4n) is 1.53. The SMILES string of the molecule is CN(CCCN)C(=O)CCOc1cc(Br)cc(F)c1F. The van der Waals surface area contributed by atoms with Crippen molar-refractivity contribution in [2.45, 2.75) is 12.8 Å². The predicted octanol–water partition coefficient (Wildman–Crippen LogP) is 2.30. The fourth-order valence-corrected chi connectivity index (χ4v) is 1.94. The van der Waals surface area contributed by atoms with Crippen LogP contribution in [0.5, 0.6) is 5.75 Å². The van der Waals surface area contributed by atoms with E-state index in [1.54, 1.807) is 7.05 Å². The molecule has 1 aromatic carbocycles. The van der Waals surface area contributed by atoms with Crippen LogP contribution in [0.1, 0.15) is 12.8 Å². The van der Waals surface area contributed by atoms with Crippen LogP contribution in [0, 0.1) is 11.6 Å². The third-order valence-electron chi connectivity index (χ3n) is 2.66. The summed E-state index contributed by atoms with van der Waals surface area (Å²) >= 11 is 3.05. The van der Waals surface area contributed by atoms with E-state index < -0.39 is 11.6 Å². The van der Waals surface area contributed by atoms with Crippen LogP contribution in [-0.2, 0) is 4.79 Å². The van der Waals surface area contributed by atoms with E-state index in [4.69, 9.17) is 10.5 Å². The van der Waals surface area contributed by atoms with E-state index in [0.29, 0.717) is 24.0 Å². The van der Waals surface area contributed by atoms with Crippen LogP contribution in [0.2, 0.25) is 0 Å². The lowest BCUT2D eigenvalue weighted by Gasteiger charge is -2.16. The highest BCUT2D eigenvalue weighted by Gasteiger charge is 2.13. The van der Waals surface area contributed by atoms with E-state index in [9.17, 15) is 13.6 Å². The first kappa shape index (κ1) is 16.8. The van der Waals surface area contributed by atoms with Crippen LogP contribution in [0.4, 0.5) is 8.78 Å². The molecule has 1 rings (SSSR count). The lowest BCUT2D eigenvalue weighted by atomic mass is 10.3. The van der Waals surface area contributed by atoms with Crippen LogP contribution in [-0.4, -0.2) is 37.6 Å². The third kappa shape index (κ3) is 5.05. The van der Waals surface area contributed by atoms with Gasteiger partial charge >= 0.3 is 0 Å². The quantitative estimate of drug-likeness (QED) is 0.767. The number of amides is 1. The summed E-state index contributed by atoms with van der Waals surface area (Å²) in [5, 5.41) is 0. The molecule has 7 heteroatoms. The van der Waals surface area contributed by atoms with Crippen LogP contribution >= 0.6 is 15.9 Å². The standard InChI is InChI=1S/C13H17BrF2N2O2/c1-18(5-2-4-17)12(19)3-6-20-11-8-9(14)7-10(15)13(11)16/h7-8H,2-6,17H2,1H3. The van der Waals surface area contributed by atoms with E-state index in [1.807, 2.05) is 0 Å². The number of benzene rings is 1. The Kier molecular flexibility index (Phi) is 6.87. The molecule has 0 atom stereocenters. The molecule has 20 heavy (non-hydrogen) atoms. The highest BCUT2D eigenvalue weighted by molar-refractivity contribution is 9.10. The molecule has 0 aromatic heterocycles. The monoisotopic (exact) mass is 350 g/mol. The van der Waals surface area contributed by atoms with Gasteiger partial charge in [0.05, 0.1) is 13.0 Å². The second kappa shape index (κ2) is 8.16. The highest BCUT2D eigenvalue weighted by atomic mass is 79.9.